The Labute approximate surface area is 107 Å². The maximum atomic E-state index is 10.8. The second kappa shape index (κ2) is 5.67. The zero-order valence-electron chi connectivity index (χ0n) is 10.5. The van der Waals surface area contributed by atoms with Gasteiger partial charge in [-0.1, -0.05) is 30.3 Å². The minimum absolute atomic E-state index is 0.151. The normalized spacial score (nSPS) is 17.4. The molecule has 0 radical (unpaired) electrons. The number of benzene rings is 1. The van der Waals surface area contributed by atoms with Crippen LogP contribution in [0.1, 0.15) is 31.4 Å². The molecule has 96 valence electrons. The van der Waals surface area contributed by atoms with Crippen molar-refractivity contribution in [2.24, 2.45) is 4.99 Å². The molecule has 0 bridgehead atoms. The Morgan fingerprint density at radius 1 is 1.28 bits per heavy atom. The topological polar surface area (TPSA) is 52.9 Å². The standard InChI is InChI=1S/C14H18N2O2/c1-11(12-5-3-2-4-6-12)15-13-7-9-16(10-8-13)14(17)18/h2-6,11H,7-10H2,1H3,(H,17,18). The van der Waals surface area contributed by atoms with Gasteiger partial charge in [0, 0.05) is 31.6 Å². The Morgan fingerprint density at radius 2 is 1.89 bits per heavy atom. The Kier molecular flexibility index (Phi) is 3.97. The van der Waals surface area contributed by atoms with Gasteiger partial charge < -0.3 is 10.0 Å². The van der Waals surface area contributed by atoms with Crippen LogP contribution in [0, 0.1) is 0 Å². The summed E-state index contributed by atoms with van der Waals surface area (Å²) in [6.45, 7) is 3.21. The average Bonchev–Trinajstić information content (AvgIpc) is 2.40. The van der Waals surface area contributed by atoms with E-state index in [1.165, 1.54) is 10.5 Å². The quantitative estimate of drug-likeness (QED) is 0.872. The molecule has 1 N–H and O–H groups in total. The van der Waals surface area contributed by atoms with Gasteiger partial charge in [-0.05, 0) is 12.5 Å². The van der Waals surface area contributed by atoms with Crippen LogP contribution in [0.4, 0.5) is 4.79 Å². The fourth-order valence-corrected chi connectivity index (χ4v) is 2.17. The molecule has 0 spiro atoms. The van der Waals surface area contributed by atoms with Gasteiger partial charge >= 0.3 is 6.09 Å². The van der Waals surface area contributed by atoms with E-state index in [1.807, 2.05) is 18.2 Å². The first-order valence-electron chi connectivity index (χ1n) is 6.25. The highest BCUT2D eigenvalue weighted by molar-refractivity contribution is 5.86. The van der Waals surface area contributed by atoms with Gasteiger partial charge in [0.05, 0.1) is 6.04 Å². The molecule has 1 heterocycles. The molecule has 1 saturated heterocycles. The number of rotatable bonds is 2. The van der Waals surface area contributed by atoms with Gasteiger partial charge in [0.25, 0.3) is 0 Å². The number of hydrogen-bond donors (Lipinski definition) is 1. The largest absolute Gasteiger partial charge is 0.465 e. The Hall–Kier alpha value is -1.84. The number of aliphatic imine (C=N–C) groups is 1. The second-order valence-electron chi connectivity index (χ2n) is 4.55. The van der Waals surface area contributed by atoms with Crippen LogP contribution in [0.2, 0.25) is 0 Å². The van der Waals surface area contributed by atoms with Crippen molar-refractivity contribution >= 4 is 11.8 Å². The van der Waals surface area contributed by atoms with Crippen LogP contribution in [-0.4, -0.2) is 34.9 Å². The molecule has 1 aliphatic rings. The molecule has 1 unspecified atom stereocenters. The molecule has 1 amide bonds. The van der Waals surface area contributed by atoms with Crippen molar-refractivity contribution in [3.05, 3.63) is 35.9 Å². The number of nitrogens with zero attached hydrogens (tertiary/aromatic N) is 2. The fourth-order valence-electron chi connectivity index (χ4n) is 2.17. The van der Waals surface area contributed by atoms with Gasteiger partial charge in [-0.25, -0.2) is 4.79 Å². The van der Waals surface area contributed by atoms with Crippen molar-refractivity contribution < 1.29 is 9.90 Å². The minimum Gasteiger partial charge on any atom is -0.465 e. The summed E-state index contributed by atoms with van der Waals surface area (Å²) in [5.74, 6) is 0. The van der Waals surface area contributed by atoms with E-state index >= 15 is 0 Å². The van der Waals surface area contributed by atoms with Crippen molar-refractivity contribution in [3.8, 4) is 0 Å². The highest BCUT2D eigenvalue weighted by Gasteiger charge is 2.19. The number of piperidine rings is 1. The lowest BCUT2D eigenvalue weighted by Crippen LogP contribution is -2.37. The van der Waals surface area contributed by atoms with Crippen molar-refractivity contribution in [1.29, 1.82) is 0 Å². The number of likely N-dealkylation sites (tertiary alicyclic amines) is 1. The predicted molar refractivity (Wildman–Crippen MR) is 71.1 cm³/mol. The lowest BCUT2D eigenvalue weighted by Gasteiger charge is -2.25. The summed E-state index contributed by atoms with van der Waals surface area (Å²) in [4.78, 5) is 16.9. The van der Waals surface area contributed by atoms with Crippen LogP contribution in [-0.2, 0) is 0 Å². The molecule has 1 atom stereocenters. The zero-order chi connectivity index (χ0) is 13.0. The Balaban J connectivity index is 1.97. The summed E-state index contributed by atoms with van der Waals surface area (Å²) >= 11 is 0. The lowest BCUT2D eigenvalue weighted by molar-refractivity contribution is 0.145. The summed E-state index contributed by atoms with van der Waals surface area (Å²) < 4.78 is 0. The first-order valence-corrected chi connectivity index (χ1v) is 6.25. The van der Waals surface area contributed by atoms with Gasteiger partial charge in [-0.2, -0.15) is 0 Å². The van der Waals surface area contributed by atoms with Crippen LogP contribution in [0.3, 0.4) is 0 Å². The van der Waals surface area contributed by atoms with Crippen molar-refractivity contribution in [2.75, 3.05) is 13.1 Å². The molecular weight excluding hydrogens is 228 g/mol. The van der Waals surface area contributed by atoms with Gasteiger partial charge in [0.2, 0.25) is 0 Å². The zero-order valence-corrected chi connectivity index (χ0v) is 10.5. The molecule has 1 fully saturated rings. The monoisotopic (exact) mass is 246 g/mol. The van der Waals surface area contributed by atoms with Gasteiger partial charge in [0.1, 0.15) is 0 Å². The maximum absolute atomic E-state index is 10.8. The molecule has 4 heteroatoms. The van der Waals surface area contributed by atoms with Gasteiger partial charge in [-0.15, -0.1) is 0 Å². The number of amides is 1. The fraction of sp³-hybridized carbons (Fsp3) is 0.429. The van der Waals surface area contributed by atoms with Crippen LogP contribution < -0.4 is 0 Å². The molecule has 18 heavy (non-hydrogen) atoms. The van der Waals surface area contributed by atoms with Crippen molar-refractivity contribution in [2.45, 2.75) is 25.8 Å². The molecule has 4 nitrogen and oxygen atoms in total. The van der Waals surface area contributed by atoms with E-state index in [9.17, 15) is 4.79 Å². The van der Waals surface area contributed by atoms with E-state index < -0.39 is 6.09 Å². The second-order valence-corrected chi connectivity index (χ2v) is 4.55. The minimum atomic E-state index is -0.829. The summed E-state index contributed by atoms with van der Waals surface area (Å²) in [5.41, 5.74) is 2.33. The molecule has 1 aromatic carbocycles. The Morgan fingerprint density at radius 3 is 2.44 bits per heavy atom. The SMILES string of the molecule is CC(N=C1CCN(C(=O)O)CC1)c1ccccc1. The Bertz CT molecular complexity index is 432. The highest BCUT2D eigenvalue weighted by Crippen LogP contribution is 2.18. The van der Waals surface area contributed by atoms with E-state index in [0.717, 1.165) is 18.6 Å². The first-order chi connectivity index (χ1) is 8.66. The maximum Gasteiger partial charge on any atom is 0.407 e. The molecule has 0 aromatic heterocycles. The van der Waals surface area contributed by atoms with E-state index in [2.05, 4.69) is 19.1 Å². The molecule has 0 saturated carbocycles. The number of hydrogen-bond acceptors (Lipinski definition) is 2. The average molecular weight is 246 g/mol. The highest BCUT2D eigenvalue weighted by atomic mass is 16.4. The molecule has 2 rings (SSSR count). The van der Waals surface area contributed by atoms with E-state index in [1.54, 1.807) is 0 Å². The van der Waals surface area contributed by atoms with Gasteiger partial charge in [0.15, 0.2) is 0 Å². The van der Waals surface area contributed by atoms with E-state index in [-0.39, 0.29) is 6.04 Å². The van der Waals surface area contributed by atoms with Gasteiger partial charge in [-0.3, -0.25) is 4.99 Å². The van der Waals surface area contributed by atoms with E-state index in [0.29, 0.717) is 13.1 Å². The van der Waals surface area contributed by atoms with E-state index in [4.69, 9.17) is 10.1 Å². The molecular formula is C14H18N2O2. The van der Waals surface area contributed by atoms with Crippen LogP contribution in [0.15, 0.2) is 35.3 Å². The molecule has 0 aliphatic carbocycles. The van der Waals surface area contributed by atoms with Crippen LogP contribution in [0.25, 0.3) is 0 Å². The summed E-state index contributed by atoms with van der Waals surface area (Å²) in [5, 5.41) is 8.87. The number of carboxylic acid groups (broad SMARTS) is 1. The summed E-state index contributed by atoms with van der Waals surface area (Å²) in [6.07, 6.45) is 0.678. The van der Waals surface area contributed by atoms with Crippen LogP contribution >= 0.6 is 0 Å². The smallest absolute Gasteiger partial charge is 0.407 e. The van der Waals surface area contributed by atoms with Crippen molar-refractivity contribution in [3.63, 3.8) is 0 Å². The predicted octanol–water partition coefficient (Wildman–Crippen LogP) is 2.96. The van der Waals surface area contributed by atoms with Crippen molar-refractivity contribution in [1.82, 2.24) is 4.90 Å². The summed E-state index contributed by atoms with van der Waals surface area (Å²) in [6, 6.07) is 10.3. The third kappa shape index (κ3) is 3.09. The third-order valence-corrected chi connectivity index (χ3v) is 3.27. The first kappa shape index (κ1) is 12.6. The summed E-state index contributed by atoms with van der Waals surface area (Å²) in [7, 11) is 0. The molecule has 1 aromatic rings. The molecule has 1 aliphatic heterocycles. The third-order valence-electron chi connectivity index (χ3n) is 3.27. The lowest BCUT2D eigenvalue weighted by atomic mass is 10.1. The van der Waals surface area contributed by atoms with Crippen LogP contribution in [0.5, 0.6) is 0 Å². The number of carbonyl (C=O) groups is 1.